The number of phenols is 1. The molecule has 76 valence electrons. The Hall–Kier alpha value is -2.16. The van der Waals surface area contributed by atoms with Crippen LogP contribution in [0.1, 0.15) is 0 Å². The highest BCUT2D eigenvalue weighted by molar-refractivity contribution is 5.63. The van der Waals surface area contributed by atoms with E-state index in [1.165, 1.54) is 0 Å². The summed E-state index contributed by atoms with van der Waals surface area (Å²) in [5, 5.41) is 12.3. The summed E-state index contributed by atoms with van der Waals surface area (Å²) in [7, 11) is 0. The van der Waals surface area contributed by atoms with E-state index >= 15 is 0 Å². The highest BCUT2D eigenvalue weighted by Gasteiger charge is 1.94. The van der Waals surface area contributed by atoms with Crippen LogP contribution in [0.25, 0.3) is 0 Å². The molecule has 2 rings (SSSR count). The van der Waals surface area contributed by atoms with Gasteiger partial charge in [0.2, 0.25) is 0 Å². The van der Waals surface area contributed by atoms with E-state index in [4.69, 9.17) is 10.8 Å². The molecule has 0 aromatic heterocycles. The van der Waals surface area contributed by atoms with Crippen LogP contribution in [0.5, 0.6) is 5.75 Å². The Labute approximate surface area is 88.2 Å². The van der Waals surface area contributed by atoms with Crippen LogP contribution in [0.15, 0.2) is 48.5 Å². The van der Waals surface area contributed by atoms with E-state index < -0.39 is 0 Å². The second-order valence-electron chi connectivity index (χ2n) is 3.30. The zero-order valence-corrected chi connectivity index (χ0v) is 8.14. The third kappa shape index (κ3) is 2.40. The number of nitrogens with one attached hydrogen (secondary N) is 1. The molecule has 0 aliphatic carbocycles. The van der Waals surface area contributed by atoms with E-state index in [1.54, 1.807) is 24.3 Å². The first kappa shape index (κ1) is 9.40. The smallest absolute Gasteiger partial charge is 0.115 e. The first-order chi connectivity index (χ1) is 7.24. The maximum atomic E-state index is 9.12. The predicted octanol–water partition coefficient (Wildman–Crippen LogP) is 2.72. The fraction of sp³-hybridized carbons (Fsp3) is 0. The lowest BCUT2D eigenvalue weighted by molar-refractivity contribution is 0.475. The minimum atomic E-state index is 0.258. The van der Waals surface area contributed by atoms with Crippen molar-refractivity contribution in [3.05, 3.63) is 48.5 Å². The lowest BCUT2D eigenvalue weighted by Crippen LogP contribution is -1.91. The van der Waals surface area contributed by atoms with Crippen molar-refractivity contribution in [2.75, 3.05) is 11.1 Å². The maximum absolute atomic E-state index is 9.12. The van der Waals surface area contributed by atoms with Gasteiger partial charge in [-0.25, -0.2) is 0 Å². The van der Waals surface area contributed by atoms with Gasteiger partial charge in [0.1, 0.15) is 5.75 Å². The Kier molecular flexibility index (Phi) is 2.46. The molecule has 0 radical (unpaired) electrons. The molecule has 0 unspecified atom stereocenters. The number of anilines is 3. The molecule has 4 N–H and O–H groups in total. The number of benzene rings is 2. The molecule has 0 bridgehead atoms. The molecule has 0 saturated heterocycles. The molecule has 0 heterocycles. The summed E-state index contributed by atoms with van der Waals surface area (Å²) < 4.78 is 0. The van der Waals surface area contributed by atoms with Crippen LogP contribution in [0.2, 0.25) is 0 Å². The summed E-state index contributed by atoms with van der Waals surface area (Å²) in [5.74, 6) is 0.258. The summed E-state index contributed by atoms with van der Waals surface area (Å²) in [5.41, 5.74) is 8.22. The largest absolute Gasteiger partial charge is 0.508 e. The van der Waals surface area contributed by atoms with E-state index in [1.807, 2.05) is 24.3 Å². The van der Waals surface area contributed by atoms with Gasteiger partial charge in [-0.2, -0.15) is 0 Å². The molecule has 0 atom stereocenters. The third-order valence-electron chi connectivity index (χ3n) is 2.04. The van der Waals surface area contributed by atoms with Crippen molar-refractivity contribution in [1.82, 2.24) is 0 Å². The Morgan fingerprint density at radius 1 is 0.933 bits per heavy atom. The first-order valence-electron chi connectivity index (χ1n) is 4.66. The molecule has 15 heavy (non-hydrogen) atoms. The minimum absolute atomic E-state index is 0.258. The molecule has 0 amide bonds. The summed E-state index contributed by atoms with van der Waals surface area (Å²) in [6.07, 6.45) is 0. The minimum Gasteiger partial charge on any atom is -0.508 e. The molecule has 0 fully saturated rings. The van der Waals surface area contributed by atoms with Gasteiger partial charge < -0.3 is 16.2 Å². The Morgan fingerprint density at radius 2 is 1.67 bits per heavy atom. The number of aromatic hydroxyl groups is 1. The molecular formula is C12H12N2O. The van der Waals surface area contributed by atoms with Crippen LogP contribution in [-0.4, -0.2) is 5.11 Å². The molecule has 0 aliphatic rings. The second kappa shape index (κ2) is 3.92. The SMILES string of the molecule is Nc1cccc(Nc2ccc(O)cc2)c1. The average Bonchev–Trinajstić information content (AvgIpc) is 2.22. The zero-order valence-electron chi connectivity index (χ0n) is 8.14. The van der Waals surface area contributed by atoms with E-state index in [0.29, 0.717) is 0 Å². The molecule has 0 spiro atoms. The molecule has 0 saturated carbocycles. The molecule has 2 aromatic carbocycles. The number of rotatable bonds is 2. The van der Waals surface area contributed by atoms with Crippen molar-refractivity contribution in [2.24, 2.45) is 0 Å². The van der Waals surface area contributed by atoms with Crippen LogP contribution in [0, 0.1) is 0 Å². The highest BCUT2D eigenvalue weighted by Crippen LogP contribution is 2.20. The van der Waals surface area contributed by atoms with Gasteiger partial charge in [-0.05, 0) is 42.5 Å². The first-order valence-corrected chi connectivity index (χ1v) is 4.66. The van der Waals surface area contributed by atoms with Gasteiger partial charge in [-0.1, -0.05) is 6.07 Å². The summed E-state index contributed by atoms with van der Waals surface area (Å²) in [6, 6.07) is 14.4. The normalized spacial score (nSPS) is 9.87. The third-order valence-corrected chi connectivity index (χ3v) is 2.04. The number of phenolic OH excluding ortho intramolecular Hbond substituents is 1. The topological polar surface area (TPSA) is 58.3 Å². The molecular weight excluding hydrogens is 188 g/mol. The number of hydrogen-bond acceptors (Lipinski definition) is 3. The van der Waals surface area contributed by atoms with Gasteiger partial charge in [0.15, 0.2) is 0 Å². The number of nitrogen functional groups attached to an aromatic ring is 1. The highest BCUT2D eigenvalue weighted by atomic mass is 16.3. The van der Waals surface area contributed by atoms with Gasteiger partial charge in [0.25, 0.3) is 0 Å². The Morgan fingerprint density at radius 3 is 2.33 bits per heavy atom. The van der Waals surface area contributed by atoms with E-state index in [9.17, 15) is 0 Å². The summed E-state index contributed by atoms with van der Waals surface area (Å²) in [6.45, 7) is 0. The van der Waals surface area contributed by atoms with Crippen molar-refractivity contribution in [3.8, 4) is 5.75 Å². The Balaban J connectivity index is 2.18. The van der Waals surface area contributed by atoms with Crippen LogP contribution >= 0.6 is 0 Å². The van der Waals surface area contributed by atoms with Crippen molar-refractivity contribution in [2.45, 2.75) is 0 Å². The van der Waals surface area contributed by atoms with Gasteiger partial charge in [0, 0.05) is 17.1 Å². The molecule has 3 nitrogen and oxygen atoms in total. The van der Waals surface area contributed by atoms with Crippen LogP contribution < -0.4 is 11.1 Å². The monoisotopic (exact) mass is 200 g/mol. The lowest BCUT2D eigenvalue weighted by atomic mass is 10.2. The molecule has 3 heteroatoms. The second-order valence-corrected chi connectivity index (χ2v) is 3.30. The van der Waals surface area contributed by atoms with E-state index in [2.05, 4.69) is 5.32 Å². The van der Waals surface area contributed by atoms with E-state index in [0.717, 1.165) is 17.1 Å². The summed E-state index contributed by atoms with van der Waals surface area (Å²) in [4.78, 5) is 0. The van der Waals surface area contributed by atoms with Gasteiger partial charge in [0.05, 0.1) is 0 Å². The van der Waals surface area contributed by atoms with Crippen molar-refractivity contribution < 1.29 is 5.11 Å². The fourth-order valence-corrected chi connectivity index (χ4v) is 1.33. The number of hydrogen-bond donors (Lipinski definition) is 3. The van der Waals surface area contributed by atoms with E-state index in [-0.39, 0.29) is 5.75 Å². The number of nitrogens with two attached hydrogens (primary N) is 1. The van der Waals surface area contributed by atoms with Gasteiger partial charge >= 0.3 is 0 Å². The lowest BCUT2D eigenvalue weighted by Gasteiger charge is -2.06. The van der Waals surface area contributed by atoms with Crippen LogP contribution in [0.3, 0.4) is 0 Å². The average molecular weight is 200 g/mol. The van der Waals surface area contributed by atoms with Gasteiger partial charge in [-0.3, -0.25) is 0 Å². The van der Waals surface area contributed by atoms with Crippen LogP contribution in [-0.2, 0) is 0 Å². The van der Waals surface area contributed by atoms with Gasteiger partial charge in [-0.15, -0.1) is 0 Å². The molecule has 2 aromatic rings. The standard InChI is InChI=1S/C12H12N2O/c13-9-2-1-3-11(8-9)14-10-4-6-12(15)7-5-10/h1-8,14-15H,13H2. The Bertz CT molecular complexity index is 451. The summed E-state index contributed by atoms with van der Waals surface area (Å²) >= 11 is 0. The quantitative estimate of drug-likeness (QED) is 0.516. The molecule has 0 aliphatic heterocycles. The zero-order chi connectivity index (χ0) is 10.7. The van der Waals surface area contributed by atoms with Crippen molar-refractivity contribution >= 4 is 17.1 Å². The van der Waals surface area contributed by atoms with Crippen molar-refractivity contribution in [3.63, 3.8) is 0 Å². The maximum Gasteiger partial charge on any atom is 0.115 e. The van der Waals surface area contributed by atoms with Crippen LogP contribution in [0.4, 0.5) is 17.1 Å². The fourth-order valence-electron chi connectivity index (χ4n) is 1.33. The predicted molar refractivity (Wildman–Crippen MR) is 62.2 cm³/mol. The van der Waals surface area contributed by atoms with Crippen molar-refractivity contribution in [1.29, 1.82) is 0 Å².